The lowest BCUT2D eigenvalue weighted by Crippen LogP contribution is -2.23. The van der Waals surface area contributed by atoms with Gasteiger partial charge in [-0.3, -0.25) is 4.98 Å². The second-order valence-corrected chi connectivity index (χ2v) is 4.26. The molecular weight excluding hydrogens is 236 g/mol. The van der Waals surface area contributed by atoms with Crippen LogP contribution in [0.3, 0.4) is 0 Å². The Morgan fingerprint density at radius 3 is 2.58 bits per heavy atom. The van der Waals surface area contributed by atoms with Gasteiger partial charge in [0.2, 0.25) is 0 Å². The van der Waals surface area contributed by atoms with E-state index in [0.717, 1.165) is 18.8 Å². The Morgan fingerprint density at radius 1 is 1.26 bits per heavy atom. The lowest BCUT2D eigenvalue weighted by molar-refractivity contribution is 0.831. The number of nitriles is 1. The van der Waals surface area contributed by atoms with E-state index in [1.54, 1.807) is 24.5 Å². The molecule has 1 heterocycles. The number of hydrogen-bond donors (Lipinski definition) is 1. The summed E-state index contributed by atoms with van der Waals surface area (Å²) in [4.78, 5) is 6.18. The number of anilines is 2. The highest BCUT2D eigenvalue weighted by Gasteiger charge is 2.09. The highest BCUT2D eigenvalue weighted by molar-refractivity contribution is 5.69. The fourth-order valence-corrected chi connectivity index (χ4v) is 1.99. The van der Waals surface area contributed by atoms with Crippen molar-refractivity contribution in [3.63, 3.8) is 0 Å². The molecule has 0 bridgehead atoms. The molecule has 1 aromatic carbocycles. The molecule has 0 spiro atoms. The van der Waals surface area contributed by atoms with Crippen molar-refractivity contribution in [2.45, 2.75) is 13.5 Å². The first-order chi connectivity index (χ1) is 9.24. The van der Waals surface area contributed by atoms with Gasteiger partial charge in [-0.05, 0) is 42.8 Å². The third-order valence-corrected chi connectivity index (χ3v) is 3.00. The molecular formula is C15H16N4. The SMILES string of the molecule is CCN(Cc1ccncc1)c1ccc(C#N)cc1N. The van der Waals surface area contributed by atoms with Crippen LogP contribution in [-0.2, 0) is 6.54 Å². The van der Waals surface area contributed by atoms with Crippen molar-refractivity contribution < 1.29 is 0 Å². The Morgan fingerprint density at radius 2 is 2.00 bits per heavy atom. The van der Waals surface area contributed by atoms with E-state index in [1.807, 2.05) is 18.2 Å². The van der Waals surface area contributed by atoms with Gasteiger partial charge in [-0.25, -0.2) is 0 Å². The molecule has 2 aromatic rings. The maximum Gasteiger partial charge on any atom is 0.0992 e. The minimum atomic E-state index is 0.584. The Labute approximate surface area is 113 Å². The predicted octanol–water partition coefficient (Wildman–Crippen LogP) is 2.56. The smallest absolute Gasteiger partial charge is 0.0992 e. The molecule has 0 fully saturated rings. The normalized spacial score (nSPS) is 9.89. The van der Waals surface area contributed by atoms with Crippen LogP contribution >= 0.6 is 0 Å². The highest BCUT2D eigenvalue weighted by atomic mass is 15.1. The van der Waals surface area contributed by atoms with E-state index < -0.39 is 0 Å². The Balaban J connectivity index is 2.25. The van der Waals surface area contributed by atoms with Gasteiger partial charge in [0.25, 0.3) is 0 Å². The lowest BCUT2D eigenvalue weighted by Gasteiger charge is -2.24. The fraction of sp³-hybridized carbons (Fsp3) is 0.200. The molecule has 0 saturated carbocycles. The summed E-state index contributed by atoms with van der Waals surface area (Å²) >= 11 is 0. The van der Waals surface area contributed by atoms with Crippen LogP contribution in [0, 0.1) is 11.3 Å². The van der Waals surface area contributed by atoms with E-state index in [0.29, 0.717) is 11.3 Å². The van der Waals surface area contributed by atoms with E-state index in [-0.39, 0.29) is 0 Å². The van der Waals surface area contributed by atoms with Crippen LogP contribution in [0.5, 0.6) is 0 Å². The van der Waals surface area contributed by atoms with E-state index >= 15 is 0 Å². The molecule has 96 valence electrons. The number of benzene rings is 1. The second-order valence-electron chi connectivity index (χ2n) is 4.26. The summed E-state index contributed by atoms with van der Waals surface area (Å²) in [5, 5.41) is 8.86. The van der Waals surface area contributed by atoms with Crippen molar-refractivity contribution in [1.82, 2.24) is 4.98 Å². The molecule has 2 rings (SSSR count). The molecule has 2 N–H and O–H groups in total. The third-order valence-electron chi connectivity index (χ3n) is 3.00. The summed E-state index contributed by atoms with van der Waals surface area (Å²) in [6, 6.07) is 11.5. The van der Waals surface area contributed by atoms with Gasteiger partial charge in [0.15, 0.2) is 0 Å². The van der Waals surface area contributed by atoms with Crippen molar-refractivity contribution in [3.05, 3.63) is 53.9 Å². The van der Waals surface area contributed by atoms with Gasteiger partial charge in [0, 0.05) is 25.5 Å². The van der Waals surface area contributed by atoms with Crippen molar-refractivity contribution >= 4 is 11.4 Å². The molecule has 0 amide bonds. The maximum absolute atomic E-state index is 8.86. The Hall–Kier alpha value is -2.54. The zero-order valence-electron chi connectivity index (χ0n) is 10.9. The zero-order chi connectivity index (χ0) is 13.7. The molecule has 4 nitrogen and oxygen atoms in total. The van der Waals surface area contributed by atoms with Gasteiger partial charge in [-0.2, -0.15) is 5.26 Å². The van der Waals surface area contributed by atoms with Crippen LogP contribution in [-0.4, -0.2) is 11.5 Å². The molecule has 0 radical (unpaired) electrons. The Kier molecular flexibility index (Phi) is 3.99. The molecule has 1 aromatic heterocycles. The van der Waals surface area contributed by atoms with Gasteiger partial charge in [0.1, 0.15) is 0 Å². The average Bonchev–Trinajstić information content (AvgIpc) is 2.46. The van der Waals surface area contributed by atoms with E-state index in [4.69, 9.17) is 11.0 Å². The number of pyridine rings is 1. The van der Waals surface area contributed by atoms with Crippen LogP contribution in [0.15, 0.2) is 42.7 Å². The fourth-order valence-electron chi connectivity index (χ4n) is 1.99. The molecule has 0 unspecified atom stereocenters. The molecule has 0 aliphatic rings. The predicted molar refractivity (Wildman–Crippen MR) is 76.5 cm³/mol. The summed E-state index contributed by atoms with van der Waals surface area (Å²) < 4.78 is 0. The topological polar surface area (TPSA) is 65.9 Å². The number of nitrogens with two attached hydrogens (primary N) is 1. The summed E-state index contributed by atoms with van der Waals surface area (Å²) in [7, 11) is 0. The minimum Gasteiger partial charge on any atom is -0.397 e. The number of rotatable bonds is 4. The second kappa shape index (κ2) is 5.87. The lowest BCUT2D eigenvalue weighted by atomic mass is 10.1. The van der Waals surface area contributed by atoms with Gasteiger partial charge >= 0.3 is 0 Å². The van der Waals surface area contributed by atoms with Crippen molar-refractivity contribution in [3.8, 4) is 6.07 Å². The van der Waals surface area contributed by atoms with Gasteiger partial charge in [-0.1, -0.05) is 0 Å². The number of nitrogen functional groups attached to an aromatic ring is 1. The van der Waals surface area contributed by atoms with E-state index in [9.17, 15) is 0 Å². The highest BCUT2D eigenvalue weighted by Crippen LogP contribution is 2.25. The van der Waals surface area contributed by atoms with Crippen LogP contribution in [0.25, 0.3) is 0 Å². The van der Waals surface area contributed by atoms with Crippen LogP contribution < -0.4 is 10.6 Å². The number of aromatic nitrogens is 1. The summed E-state index contributed by atoms with van der Waals surface area (Å²) in [6.45, 7) is 3.70. The van der Waals surface area contributed by atoms with Crippen molar-refractivity contribution in [2.24, 2.45) is 0 Å². The molecule has 4 heteroatoms. The number of hydrogen-bond acceptors (Lipinski definition) is 4. The van der Waals surface area contributed by atoms with Gasteiger partial charge in [-0.15, -0.1) is 0 Å². The molecule has 0 atom stereocenters. The first-order valence-electron chi connectivity index (χ1n) is 6.18. The Bertz CT molecular complexity index is 587. The van der Waals surface area contributed by atoms with Crippen LogP contribution in [0.2, 0.25) is 0 Å². The standard InChI is InChI=1S/C15H16N4/c1-2-19(11-12-5-7-18-8-6-12)15-4-3-13(10-16)9-14(15)17/h3-9H,2,11,17H2,1H3. The van der Waals surface area contributed by atoms with Crippen LogP contribution in [0.1, 0.15) is 18.1 Å². The summed E-state index contributed by atoms with van der Waals surface area (Å²) in [5.74, 6) is 0. The van der Waals surface area contributed by atoms with Crippen molar-refractivity contribution in [1.29, 1.82) is 5.26 Å². The molecule has 0 aliphatic carbocycles. The molecule has 0 saturated heterocycles. The zero-order valence-corrected chi connectivity index (χ0v) is 10.9. The first kappa shape index (κ1) is 12.9. The van der Waals surface area contributed by atoms with E-state index in [1.165, 1.54) is 5.56 Å². The largest absolute Gasteiger partial charge is 0.397 e. The summed E-state index contributed by atoms with van der Waals surface area (Å²) in [6.07, 6.45) is 3.57. The molecule has 0 aliphatic heterocycles. The van der Waals surface area contributed by atoms with E-state index in [2.05, 4.69) is 22.9 Å². The van der Waals surface area contributed by atoms with Gasteiger partial charge < -0.3 is 10.6 Å². The minimum absolute atomic E-state index is 0.584. The first-order valence-corrected chi connectivity index (χ1v) is 6.18. The maximum atomic E-state index is 8.86. The number of nitrogens with zero attached hydrogens (tertiary/aromatic N) is 3. The van der Waals surface area contributed by atoms with Gasteiger partial charge in [0.05, 0.1) is 23.0 Å². The molecule has 19 heavy (non-hydrogen) atoms. The third kappa shape index (κ3) is 3.02. The quantitative estimate of drug-likeness (QED) is 0.849. The monoisotopic (exact) mass is 252 g/mol. The van der Waals surface area contributed by atoms with Crippen molar-refractivity contribution in [2.75, 3.05) is 17.2 Å². The van der Waals surface area contributed by atoms with Crippen LogP contribution in [0.4, 0.5) is 11.4 Å². The summed E-state index contributed by atoms with van der Waals surface area (Å²) in [5.41, 5.74) is 9.38. The average molecular weight is 252 g/mol.